The first-order valence-corrected chi connectivity index (χ1v) is 6.22. The van der Waals surface area contributed by atoms with Crippen LogP contribution in [0.4, 0.5) is 5.82 Å². The molecule has 2 rings (SSSR count). The number of anilines is 1. The summed E-state index contributed by atoms with van der Waals surface area (Å²) in [5, 5.41) is 0.917. The molecule has 0 radical (unpaired) electrons. The summed E-state index contributed by atoms with van der Waals surface area (Å²) in [5.74, 6) is 0.548. The van der Waals surface area contributed by atoms with E-state index in [1.165, 1.54) is 22.3 Å². The molecule has 0 aliphatic rings. The van der Waals surface area contributed by atoms with Crippen LogP contribution in [0.2, 0.25) is 0 Å². The zero-order valence-corrected chi connectivity index (χ0v) is 11.0. The van der Waals surface area contributed by atoms with Crippen molar-refractivity contribution in [3.05, 3.63) is 41.2 Å². The molecule has 1 aromatic heterocycles. The molecule has 0 fully saturated rings. The maximum absolute atomic E-state index is 5.76. The molecule has 0 atom stereocenters. The largest absolute Gasteiger partial charge is 0.383 e. The number of nitrogens with zero attached hydrogens (tertiary/aromatic N) is 2. The molecule has 0 aliphatic heterocycles. The minimum Gasteiger partial charge on any atom is -0.383 e. The molecule has 0 aliphatic carbocycles. The van der Waals surface area contributed by atoms with Gasteiger partial charge >= 0.3 is 0 Å². The van der Waals surface area contributed by atoms with Crippen LogP contribution in [0.25, 0.3) is 0 Å². The van der Waals surface area contributed by atoms with Gasteiger partial charge in [-0.2, -0.15) is 0 Å². The number of nitrogens with two attached hydrogens (primary N) is 1. The van der Waals surface area contributed by atoms with Crippen molar-refractivity contribution >= 4 is 17.6 Å². The number of hydrogen-bond acceptors (Lipinski definition) is 4. The van der Waals surface area contributed by atoms with Crippen LogP contribution >= 0.6 is 11.8 Å². The first-order valence-electron chi connectivity index (χ1n) is 5.40. The number of nitrogen functional groups attached to an aromatic ring is 1. The molecule has 17 heavy (non-hydrogen) atoms. The second kappa shape index (κ2) is 4.75. The predicted molar refractivity (Wildman–Crippen MR) is 71.2 cm³/mol. The summed E-state index contributed by atoms with van der Waals surface area (Å²) in [4.78, 5) is 9.40. The van der Waals surface area contributed by atoms with Crippen LogP contribution in [0.1, 0.15) is 16.7 Å². The molecule has 2 N–H and O–H groups in total. The Bertz CT molecular complexity index is 552. The van der Waals surface area contributed by atoms with Gasteiger partial charge in [-0.3, -0.25) is 0 Å². The molecule has 2 aromatic rings. The molecule has 0 bridgehead atoms. The monoisotopic (exact) mass is 245 g/mol. The van der Waals surface area contributed by atoms with E-state index < -0.39 is 0 Å². The van der Waals surface area contributed by atoms with Crippen molar-refractivity contribution in [3.8, 4) is 0 Å². The van der Waals surface area contributed by atoms with Gasteiger partial charge in [0.15, 0.2) is 0 Å². The van der Waals surface area contributed by atoms with E-state index in [0.717, 1.165) is 10.6 Å². The highest BCUT2D eigenvalue weighted by molar-refractivity contribution is 7.99. The average molecular weight is 245 g/mol. The fraction of sp³-hybridized carbons (Fsp3) is 0.231. The van der Waals surface area contributed by atoms with Crippen molar-refractivity contribution < 1.29 is 0 Å². The topological polar surface area (TPSA) is 51.8 Å². The highest BCUT2D eigenvalue weighted by Crippen LogP contribution is 2.30. The Labute approximate surface area is 105 Å². The Hall–Kier alpha value is -1.55. The molecular weight excluding hydrogens is 230 g/mol. The van der Waals surface area contributed by atoms with Gasteiger partial charge in [0.05, 0.1) is 0 Å². The number of rotatable bonds is 2. The number of benzene rings is 1. The van der Waals surface area contributed by atoms with Gasteiger partial charge < -0.3 is 5.73 Å². The van der Waals surface area contributed by atoms with Crippen LogP contribution in [0.5, 0.6) is 0 Å². The maximum Gasteiger partial charge on any atom is 0.130 e. The van der Waals surface area contributed by atoms with Gasteiger partial charge in [-0.1, -0.05) is 17.8 Å². The molecule has 0 saturated heterocycles. The lowest BCUT2D eigenvalue weighted by molar-refractivity contribution is 1.01. The van der Waals surface area contributed by atoms with E-state index in [4.69, 9.17) is 5.73 Å². The van der Waals surface area contributed by atoms with Crippen molar-refractivity contribution in [1.29, 1.82) is 0 Å². The average Bonchev–Trinajstić information content (AvgIpc) is 2.30. The molecule has 3 nitrogen and oxygen atoms in total. The highest BCUT2D eigenvalue weighted by atomic mass is 32.2. The third-order valence-corrected chi connectivity index (χ3v) is 3.86. The van der Waals surface area contributed by atoms with E-state index in [9.17, 15) is 0 Å². The second-order valence-electron chi connectivity index (χ2n) is 4.04. The van der Waals surface area contributed by atoms with Gasteiger partial charge in [-0.15, -0.1) is 0 Å². The second-order valence-corrected chi connectivity index (χ2v) is 5.10. The summed E-state index contributed by atoms with van der Waals surface area (Å²) in [6.07, 6.45) is 1.51. The molecular formula is C13H15N3S. The lowest BCUT2D eigenvalue weighted by Crippen LogP contribution is -1.97. The Morgan fingerprint density at radius 2 is 1.82 bits per heavy atom. The molecule has 0 amide bonds. The maximum atomic E-state index is 5.76. The fourth-order valence-corrected chi connectivity index (χ4v) is 2.39. The smallest absolute Gasteiger partial charge is 0.130 e. The first-order chi connectivity index (χ1) is 8.08. The molecule has 0 spiro atoms. The third kappa shape index (κ3) is 2.58. The van der Waals surface area contributed by atoms with Crippen LogP contribution in [0.3, 0.4) is 0 Å². The van der Waals surface area contributed by atoms with E-state index in [0.29, 0.717) is 5.82 Å². The molecule has 0 saturated carbocycles. The zero-order valence-electron chi connectivity index (χ0n) is 10.2. The molecule has 0 unspecified atom stereocenters. The van der Waals surface area contributed by atoms with Crippen LogP contribution in [-0.2, 0) is 0 Å². The minimum absolute atomic E-state index is 0.548. The van der Waals surface area contributed by atoms with Crippen molar-refractivity contribution in [1.82, 2.24) is 9.97 Å². The Balaban J connectivity index is 2.31. The highest BCUT2D eigenvalue weighted by Gasteiger charge is 2.06. The van der Waals surface area contributed by atoms with E-state index in [1.807, 2.05) is 6.92 Å². The minimum atomic E-state index is 0.548. The van der Waals surface area contributed by atoms with E-state index in [1.54, 1.807) is 11.8 Å². The molecule has 1 heterocycles. The van der Waals surface area contributed by atoms with Crippen LogP contribution in [-0.4, -0.2) is 9.97 Å². The molecule has 88 valence electrons. The van der Waals surface area contributed by atoms with Gasteiger partial charge in [0.2, 0.25) is 0 Å². The lowest BCUT2D eigenvalue weighted by atomic mass is 10.1. The van der Waals surface area contributed by atoms with E-state index >= 15 is 0 Å². The summed E-state index contributed by atoms with van der Waals surface area (Å²) in [6.45, 7) is 6.16. The van der Waals surface area contributed by atoms with Crippen molar-refractivity contribution in [2.45, 2.75) is 30.7 Å². The van der Waals surface area contributed by atoms with E-state index in [2.05, 4.69) is 42.0 Å². The summed E-state index contributed by atoms with van der Waals surface area (Å²) < 4.78 is 0. The predicted octanol–water partition coefficient (Wildman–Crippen LogP) is 3.14. The molecule has 1 aromatic carbocycles. The Kier molecular flexibility index (Phi) is 3.33. The molecule has 4 heteroatoms. The normalized spacial score (nSPS) is 10.5. The van der Waals surface area contributed by atoms with Gasteiger partial charge in [0.1, 0.15) is 17.2 Å². The summed E-state index contributed by atoms with van der Waals surface area (Å²) in [6, 6.07) is 6.39. The number of aromatic nitrogens is 2. The quantitative estimate of drug-likeness (QED) is 0.826. The summed E-state index contributed by atoms with van der Waals surface area (Å²) in [5.41, 5.74) is 9.29. The lowest BCUT2D eigenvalue weighted by Gasteiger charge is -2.07. The van der Waals surface area contributed by atoms with Crippen LogP contribution in [0, 0.1) is 20.8 Å². The van der Waals surface area contributed by atoms with Crippen molar-refractivity contribution in [2.24, 2.45) is 0 Å². The van der Waals surface area contributed by atoms with Crippen molar-refractivity contribution in [2.75, 3.05) is 5.73 Å². The van der Waals surface area contributed by atoms with Gasteiger partial charge in [0.25, 0.3) is 0 Å². The Morgan fingerprint density at radius 3 is 2.53 bits per heavy atom. The van der Waals surface area contributed by atoms with Gasteiger partial charge in [-0.25, -0.2) is 9.97 Å². The SMILES string of the molecule is Cc1ccc(Sc2ncnc(N)c2C)cc1C. The summed E-state index contributed by atoms with van der Waals surface area (Å²) in [7, 11) is 0. The number of aryl methyl sites for hydroxylation is 2. The first kappa shape index (κ1) is 11.9. The number of hydrogen-bond donors (Lipinski definition) is 1. The standard InChI is InChI=1S/C13H15N3S/c1-8-4-5-11(6-9(8)2)17-13-10(3)12(14)15-7-16-13/h4-7H,1-3H3,(H2,14,15,16). The van der Waals surface area contributed by atoms with Gasteiger partial charge in [0, 0.05) is 10.5 Å². The van der Waals surface area contributed by atoms with E-state index in [-0.39, 0.29) is 0 Å². The summed E-state index contributed by atoms with van der Waals surface area (Å²) >= 11 is 1.62. The van der Waals surface area contributed by atoms with Crippen LogP contribution in [0.15, 0.2) is 34.4 Å². The Morgan fingerprint density at radius 1 is 1.06 bits per heavy atom. The van der Waals surface area contributed by atoms with Crippen LogP contribution < -0.4 is 5.73 Å². The van der Waals surface area contributed by atoms with Gasteiger partial charge in [-0.05, 0) is 44.0 Å². The third-order valence-electron chi connectivity index (χ3n) is 2.77. The van der Waals surface area contributed by atoms with Crippen molar-refractivity contribution in [3.63, 3.8) is 0 Å². The zero-order chi connectivity index (χ0) is 12.4. The fourth-order valence-electron chi connectivity index (χ4n) is 1.44.